The van der Waals surface area contributed by atoms with Gasteiger partial charge in [-0.1, -0.05) is 6.07 Å². The lowest BCUT2D eigenvalue weighted by atomic mass is 10.2. The lowest BCUT2D eigenvalue weighted by Crippen LogP contribution is -3.14. The third-order valence-electron chi connectivity index (χ3n) is 4.04. The first-order valence-corrected chi connectivity index (χ1v) is 9.50. The van der Waals surface area contributed by atoms with Crippen LogP contribution in [0.2, 0.25) is 0 Å². The van der Waals surface area contributed by atoms with E-state index in [2.05, 4.69) is 10.6 Å². The summed E-state index contributed by atoms with van der Waals surface area (Å²) in [6.45, 7) is 5.13. The molecule has 0 saturated heterocycles. The Morgan fingerprint density at radius 3 is 2.42 bits per heavy atom. The van der Waals surface area contributed by atoms with Crippen molar-refractivity contribution in [1.29, 1.82) is 0 Å². The number of benzene rings is 1. The molecule has 0 aliphatic rings. The van der Waals surface area contributed by atoms with Crippen LogP contribution in [-0.2, 0) is 9.59 Å². The minimum absolute atomic E-state index is 0.0197. The minimum Gasteiger partial charge on any atom is -0.497 e. The van der Waals surface area contributed by atoms with Crippen LogP contribution in [-0.4, -0.2) is 38.6 Å². The summed E-state index contributed by atoms with van der Waals surface area (Å²) < 4.78 is 5.10. The predicted octanol–water partition coefficient (Wildman–Crippen LogP) is 1.48. The Labute approximate surface area is 158 Å². The average Bonchev–Trinajstić information content (AvgIpc) is 3.16. The summed E-state index contributed by atoms with van der Waals surface area (Å²) in [6.07, 6.45) is 0. The maximum absolute atomic E-state index is 12.3. The summed E-state index contributed by atoms with van der Waals surface area (Å²) >= 11 is 1.62. The Morgan fingerprint density at radius 2 is 1.85 bits per heavy atom. The van der Waals surface area contributed by atoms with Gasteiger partial charge in [-0.3, -0.25) is 9.59 Å². The second-order valence-electron chi connectivity index (χ2n) is 6.04. The van der Waals surface area contributed by atoms with E-state index in [4.69, 9.17) is 4.74 Å². The second kappa shape index (κ2) is 9.94. The van der Waals surface area contributed by atoms with E-state index in [1.807, 2.05) is 31.4 Å². The molecule has 0 aliphatic heterocycles. The van der Waals surface area contributed by atoms with Crippen LogP contribution < -0.4 is 20.3 Å². The molecule has 0 bridgehead atoms. The summed E-state index contributed by atoms with van der Waals surface area (Å²) in [7, 11) is 1.60. The van der Waals surface area contributed by atoms with Crippen molar-refractivity contribution in [2.24, 2.45) is 0 Å². The van der Waals surface area contributed by atoms with E-state index in [1.165, 1.54) is 0 Å². The number of ether oxygens (including phenoxy) is 1. The molecule has 0 spiro atoms. The summed E-state index contributed by atoms with van der Waals surface area (Å²) in [5.41, 5.74) is 0.710. The van der Waals surface area contributed by atoms with Gasteiger partial charge in [-0.15, -0.1) is 11.3 Å². The fourth-order valence-electron chi connectivity index (χ4n) is 2.55. The Balaban J connectivity index is 1.81. The van der Waals surface area contributed by atoms with Gasteiger partial charge < -0.3 is 20.3 Å². The maximum Gasteiger partial charge on any atom is 0.279 e. The number of carbonyl (C=O) groups excluding carboxylic acids is 2. The van der Waals surface area contributed by atoms with E-state index >= 15 is 0 Å². The monoisotopic (exact) mass is 376 g/mol. The number of methoxy groups -OCH3 is 1. The van der Waals surface area contributed by atoms with E-state index in [-0.39, 0.29) is 30.9 Å². The SMILES string of the molecule is CC[NH+](CC(=O)Nc1ccc(OC)cc1)CC(=O)N[C@H](C)c1cccs1. The van der Waals surface area contributed by atoms with Crippen molar-refractivity contribution in [3.05, 3.63) is 46.7 Å². The molecular formula is C19H26N3O3S+. The van der Waals surface area contributed by atoms with Crippen molar-refractivity contribution in [2.75, 3.05) is 32.1 Å². The highest BCUT2D eigenvalue weighted by Gasteiger charge is 2.18. The van der Waals surface area contributed by atoms with Gasteiger partial charge in [0.1, 0.15) is 5.75 Å². The third kappa shape index (κ3) is 6.16. The molecule has 0 saturated carbocycles. The molecule has 7 heteroatoms. The number of amides is 2. The fourth-order valence-corrected chi connectivity index (χ4v) is 3.28. The molecule has 1 unspecified atom stereocenters. The summed E-state index contributed by atoms with van der Waals surface area (Å²) in [4.78, 5) is 26.5. The highest BCUT2D eigenvalue weighted by Crippen LogP contribution is 2.17. The molecule has 2 amide bonds. The van der Waals surface area contributed by atoms with Crippen LogP contribution in [0, 0.1) is 0 Å². The Hall–Kier alpha value is -2.38. The van der Waals surface area contributed by atoms with Gasteiger partial charge in [0.2, 0.25) is 0 Å². The van der Waals surface area contributed by atoms with Crippen molar-refractivity contribution in [3.63, 3.8) is 0 Å². The third-order valence-corrected chi connectivity index (χ3v) is 5.10. The number of carbonyl (C=O) groups is 2. The Morgan fingerprint density at radius 1 is 1.15 bits per heavy atom. The van der Waals surface area contributed by atoms with E-state index in [1.54, 1.807) is 42.7 Å². The molecule has 0 radical (unpaired) electrons. The number of quaternary nitrogens is 1. The highest BCUT2D eigenvalue weighted by atomic mass is 32.1. The van der Waals surface area contributed by atoms with E-state index in [9.17, 15) is 9.59 Å². The zero-order chi connectivity index (χ0) is 18.9. The number of thiophene rings is 1. The van der Waals surface area contributed by atoms with Gasteiger partial charge in [0.15, 0.2) is 13.1 Å². The molecule has 2 rings (SSSR count). The van der Waals surface area contributed by atoms with Gasteiger partial charge >= 0.3 is 0 Å². The standard InChI is InChI=1S/C19H25N3O3S/c1-4-22(12-18(23)20-14(2)17-6-5-11-26-17)13-19(24)21-15-7-9-16(25-3)10-8-15/h5-11,14H,4,12-13H2,1-3H3,(H,20,23)(H,21,24)/p+1/t14-/m1/s1. The first kappa shape index (κ1) is 19.9. The molecule has 26 heavy (non-hydrogen) atoms. The van der Waals surface area contributed by atoms with Crippen LogP contribution in [0.1, 0.15) is 24.8 Å². The molecule has 0 aliphatic carbocycles. The van der Waals surface area contributed by atoms with Crippen molar-refractivity contribution < 1.29 is 19.2 Å². The number of hydrogen-bond acceptors (Lipinski definition) is 4. The van der Waals surface area contributed by atoms with Crippen molar-refractivity contribution >= 4 is 28.8 Å². The first-order valence-electron chi connectivity index (χ1n) is 8.62. The Bertz CT molecular complexity index is 701. The number of rotatable bonds is 9. The number of nitrogens with one attached hydrogen (secondary N) is 3. The molecule has 140 valence electrons. The summed E-state index contributed by atoms with van der Waals surface area (Å²) in [5, 5.41) is 7.83. The molecule has 1 heterocycles. The van der Waals surface area contributed by atoms with E-state index in [0.29, 0.717) is 12.2 Å². The predicted molar refractivity (Wildman–Crippen MR) is 104 cm³/mol. The van der Waals surface area contributed by atoms with Crippen LogP contribution >= 0.6 is 11.3 Å². The number of likely N-dealkylation sites (N-methyl/N-ethyl adjacent to an activating group) is 1. The molecule has 0 fully saturated rings. The highest BCUT2D eigenvalue weighted by molar-refractivity contribution is 7.10. The minimum atomic E-state index is -0.119. The number of anilines is 1. The van der Waals surface area contributed by atoms with Crippen LogP contribution in [0.25, 0.3) is 0 Å². The van der Waals surface area contributed by atoms with Gasteiger partial charge in [-0.05, 0) is 49.6 Å². The van der Waals surface area contributed by atoms with Crippen molar-refractivity contribution in [1.82, 2.24) is 5.32 Å². The van der Waals surface area contributed by atoms with Gasteiger partial charge in [-0.25, -0.2) is 0 Å². The smallest absolute Gasteiger partial charge is 0.279 e. The lowest BCUT2D eigenvalue weighted by Gasteiger charge is -2.18. The normalized spacial score (nSPS) is 12.9. The zero-order valence-electron chi connectivity index (χ0n) is 15.4. The molecule has 6 nitrogen and oxygen atoms in total. The van der Waals surface area contributed by atoms with Crippen LogP contribution in [0.5, 0.6) is 5.75 Å². The van der Waals surface area contributed by atoms with Gasteiger partial charge in [0.25, 0.3) is 11.8 Å². The fraction of sp³-hybridized carbons (Fsp3) is 0.368. The van der Waals surface area contributed by atoms with Crippen molar-refractivity contribution in [3.8, 4) is 5.75 Å². The number of hydrogen-bond donors (Lipinski definition) is 3. The maximum atomic E-state index is 12.3. The van der Waals surface area contributed by atoms with Gasteiger partial charge in [0, 0.05) is 10.6 Å². The largest absolute Gasteiger partial charge is 0.497 e. The van der Waals surface area contributed by atoms with Crippen LogP contribution in [0.15, 0.2) is 41.8 Å². The summed E-state index contributed by atoms with van der Waals surface area (Å²) in [6, 6.07) is 11.1. The van der Waals surface area contributed by atoms with Crippen LogP contribution in [0.4, 0.5) is 5.69 Å². The first-order chi connectivity index (χ1) is 12.5. The molecule has 2 atom stereocenters. The molecule has 1 aromatic carbocycles. The Kier molecular flexibility index (Phi) is 7.62. The van der Waals surface area contributed by atoms with E-state index < -0.39 is 0 Å². The second-order valence-corrected chi connectivity index (χ2v) is 7.02. The molecular weight excluding hydrogens is 350 g/mol. The molecule has 2 aromatic rings. The molecule has 3 N–H and O–H groups in total. The quantitative estimate of drug-likeness (QED) is 0.621. The van der Waals surface area contributed by atoms with Gasteiger partial charge in [0.05, 0.1) is 19.7 Å². The van der Waals surface area contributed by atoms with Gasteiger partial charge in [-0.2, -0.15) is 0 Å². The average molecular weight is 377 g/mol. The molecule has 1 aromatic heterocycles. The lowest BCUT2D eigenvalue weighted by molar-refractivity contribution is -0.881. The van der Waals surface area contributed by atoms with Crippen molar-refractivity contribution in [2.45, 2.75) is 19.9 Å². The van der Waals surface area contributed by atoms with E-state index in [0.717, 1.165) is 15.5 Å². The van der Waals surface area contributed by atoms with Crippen LogP contribution in [0.3, 0.4) is 0 Å². The topological polar surface area (TPSA) is 71.9 Å². The zero-order valence-corrected chi connectivity index (χ0v) is 16.2. The summed E-state index contributed by atoms with van der Waals surface area (Å²) in [5.74, 6) is 0.562.